The molecule has 104 valence electrons. The summed E-state index contributed by atoms with van der Waals surface area (Å²) >= 11 is 9.88. The summed E-state index contributed by atoms with van der Waals surface area (Å²) in [6.07, 6.45) is 0. The largest absolute Gasteiger partial charge is 0.320 e. The molecule has 2 aromatic carbocycles. The van der Waals surface area contributed by atoms with E-state index < -0.39 is 17.5 Å². The summed E-state index contributed by atoms with van der Waals surface area (Å²) in [6.45, 7) is 0. The standard InChI is InChI=1S/C13H6Br3F2NO/c14-6-4-8(15)12(9(16)5-6)19-13(20)7-2-1-3-10(17)11(7)18/h1-5H,(H,19,20). The quantitative estimate of drug-likeness (QED) is 0.618. The fourth-order valence-corrected chi connectivity index (χ4v) is 3.98. The van der Waals surface area contributed by atoms with E-state index in [1.54, 1.807) is 12.1 Å². The molecule has 7 heteroatoms. The summed E-state index contributed by atoms with van der Waals surface area (Å²) in [4.78, 5) is 12.0. The molecular formula is C13H6Br3F2NO. The highest BCUT2D eigenvalue weighted by molar-refractivity contribution is 9.11. The molecule has 2 aromatic rings. The smallest absolute Gasteiger partial charge is 0.258 e. The second-order valence-electron chi connectivity index (χ2n) is 3.80. The van der Waals surface area contributed by atoms with Crippen molar-refractivity contribution in [2.45, 2.75) is 0 Å². The minimum atomic E-state index is -1.17. The van der Waals surface area contributed by atoms with Crippen LogP contribution in [-0.4, -0.2) is 5.91 Å². The third kappa shape index (κ3) is 3.27. The number of benzene rings is 2. The zero-order valence-corrected chi connectivity index (χ0v) is 14.4. The van der Waals surface area contributed by atoms with E-state index in [-0.39, 0.29) is 5.56 Å². The molecule has 0 aliphatic heterocycles. The van der Waals surface area contributed by atoms with Crippen LogP contribution < -0.4 is 5.32 Å². The van der Waals surface area contributed by atoms with Gasteiger partial charge in [-0.15, -0.1) is 0 Å². The van der Waals surface area contributed by atoms with Crippen LogP contribution in [0.25, 0.3) is 0 Å². The fourth-order valence-electron chi connectivity index (χ4n) is 1.52. The van der Waals surface area contributed by atoms with Crippen LogP contribution >= 0.6 is 47.8 Å². The minimum absolute atomic E-state index is 0.355. The van der Waals surface area contributed by atoms with Gasteiger partial charge >= 0.3 is 0 Å². The zero-order valence-electron chi connectivity index (χ0n) is 9.68. The van der Waals surface area contributed by atoms with E-state index in [4.69, 9.17) is 0 Å². The van der Waals surface area contributed by atoms with Crippen molar-refractivity contribution in [3.8, 4) is 0 Å². The topological polar surface area (TPSA) is 29.1 Å². The van der Waals surface area contributed by atoms with Crippen molar-refractivity contribution >= 4 is 59.4 Å². The summed E-state index contributed by atoms with van der Waals surface area (Å²) in [5.74, 6) is -2.97. The highest BCUT2D eigenvalue weighted by Crippen LogP contribution is 2.34. The average Bonchev–Trinajstić information content (AvgIpc) is 2.36. The maximum Gasteiger partial charge on any atom is 0.258 e. The first-order valence-electron chi connectivity index (χ1n) is 5.30. The van der Waals surface area contributed by atoms with Crippen LogP contribution in [0.2, 0.25) is 0 Å². The van der Waals surface area contributed by atoms with Crippen molar-refractivity contribution in [3.63, 3.8) is 0 Å². The van der Waals surface area contributed by atoms with E-state index in [1.165, 1.54) is 12.1 Å². The lowest BCUT2D eigenvalue weighted by molar-refractivity contribution is 0.102. The lowest BCUT2D eigenvalue weighted by Crippen LogP contribution is -2.15. The number of rotatable bonds is 2. The highest BCUT2D eigenvalue weighted by atomic mass is 79.9. The lowest BCUT2D eigenvalue weighted by atomic mass is 10.2. The highest BCUT2D eigenvalue weighted by Gasteiger charge is 2.17. The molecule has 0 unspecified atom stereocenters. The zero-order chi connectivity index (χ0) is 14.9. The van der Waals surface area contributed by atoms with Crippen LogP contribution in [-0.2, 0) is 0 Å². The van der Waals surface area contributed by atoms with Gasteiger partial charge in [-0.2, -0.15) is 0 Å². The molecule has 0 aliphatic rings. The van der Waals surface area contributed by atoms with Gasteiger partial charge in [0.25, 0.3) is 5.91 Å². The molecule has 2 rings (SSSR count). The minimum Gasteiger partial charge on any atom is -0.320 e. The number of hydrogen-bond donors (Lipinski definition) is 1. The third-order valence-corrected chi connectivity index (χ3v) is 4.15. The molecule has 0 aliphatic carbocycles. The first-order valence-corrected chi connectivity index (χ1v) is 7.68. The van der Waals surface area contributed by atoms with Crippen LogP contribution in [0, 0.1) is 11.6 Å². The van der Waals surface area contributed by atoms with Crippen LogP contribution in [0.3, 0.4) is 0 Å². The second-order valence-corrected chi connectivity index (χ2v) is 6.42. The van der Waals surface area contributed by atoms with Gasteiger partial charge in [0.1, 0.15) is 0 Å². The molecule has 0 spiro atoms. The van der Waals surface area contributed by atoms with Gasteiger partial charge < -0.3 is 5.32 Å². The molecule has 20 heavy (non-hydrogen) atoms. The van der Waals surface area contributed by atoms with E-state index in [0.717, 1.165) is 10.5 Å². The number of carbonyl (C=O) groups is 1. The Bertz CT molecular complexity index is 668. The van der Waals surface area contributed by atoms with Gasteiger partial charge in [-0.3, -0.25) is 4.79 Å². The lowest BCUT2D eigenvalue weighted by Gasteiger charge is -2.11. The first-order chi connectivity index (χ1) is 9.40. The third-order valence-electron chi connectivity index (χ3n) is 2.44. The average molecular weight is 470 g/mol. The number of halogens is 5. The number of nitrogens with one attached hydrogen (secondary N) is 1. The Morgan fingerprint density at radius 3 is 2.25 bits per heavy atom. The molecule has 0 atom stereocenters. The van der Waals surface area contributed by atoms with Gasteiger partial charge in [0.05, 0.1) is 11.3 Å². The normalized spacial score (nSPS) is 10.4. The predicted octanol–water partition coefficient (Wildman–Crippen LogP) is 5.50. The molecule has 0 radical (unpaired) electrons. The van der Waals surface area contributed by atoms with Gasteiger partial charge in [-0.1, -0.05) is 22.0 Å². The fraction of sp³-hybridized carbons (Fsp3) is 0. The molecule has 2 nitrogen and oxygen atoms in total. The van der Waals surface area contributed by atoms with E-state index in [0.29, 0.717) is 14.6 Å². The van der Waals surface area contributed by atoms with Gasteiger partial charge in [-0.25, -0.2) is 8.78 Å². The van der Waals surface area contributed by atoms with E-state index in [2.05, 4.69) is 53.1 Å². The SMILES string of the molecule is O=C(Nc1c(Br)cc(Br)cc1Br)c1cccc(F)c1F. The van der Waals surface area contributed by atoms with E-state index in [9.17, 15) is 13.6 Å². The van der Waals surface area contributed by atoms with Crippen LogP contribution in [0.5, 0.6) is 0 Å². The summed E-state index contributed by atoms with van der Waals surface area (Å²) in [5.41, 5.74) is 0.0774. The van der Waals surface area contributed by atoms with Crippen molar-refractivity contribution in [3.05, 3.63) is 60.9 Å². The molecular weight excluding hydrogens is 464 g/mol. The van der Waals surface area contributed by atoms with Gasteiger partial charge in [0.2, 0.25) is 0 Å². The van der Waals surface area contributed by atoms with Crippen LogP contribution in [0.4, 0.5) is 14.5 Å². The molecule has 0 bridgehead atoms. The molecule has 0 heterocycles. The molecule has 1 N–H and O–H groups in total. The second kappa shape index (κ2) is 6.32. The van der Waals surface area contributed by atoms with E-state index in [1.807, 2.05) is 0 Å². The maximum atomic E-state index is 13.6. The van der Waals surface area contributed by atoms with Gasteiger partial charge in [0.15, 0.2) is 11.6 Å². The van der Waals surface area contributed by atoms with Crippen LogP contribution in [0.1, 0.15) is 10.4 Å². The summed E-state index contributed by atoms with van der Waals surface area (Å²) in [5, 5.41) is 2.53. The van der Waals surface area contributed by atoms with Crippen LogP contribution in [0.15, 0.2) is 43.7 Å². The van der Waals surface area contributed by atoms with Crippen molar-refractivity contribution in [2.75, 3.05) is 5.32 Å². The molecule has 0 saturated heterocycles. The van der Waals surface area contributed by atoms with Gasteiger partial charge in [0, 0.05) is 13.4 Å². The Morgan fingerprint density at radius 2 is 1.65 bits per heavy atom. The van der Waals surface area contributed by atoms with Crippen molar-refractivity contribution in [1.29, 1.82) is 0 Å². The predicted molar refractivity (Wildman–Crippen MR) is 83.9 cm³/mol. The Morgan fingerprint density at radius 1 is 1.05 bits per heavy atom. The maximum absolute atomic E-state index is 13.6. The first kappa shape index (κ1) is 15.6. The summed E-state index contributed by atoms with van der Waals surface area (Å²) < 4.78 is 28.7. The Hall–Kier alpha value is -0.790. The number of anilines is 1. The van der Waals surface area contributed by atoms with E-state index >= 15 is 0 Å². The molecule has 0 aromatic heterocycles. The Balaban J connectivity index is 2.36. The number of hydrogen-bond acceptors (Lipinski definition) is 1. The van der Waals surface area contributed by atoms with Crippen molar-refractivity contribution in [2.24, 2.45) is 0 Å². The monoisotopic (exact) mass is 467 g/mol. The Kier molecular flexibility index (Phi) is 4.93. The molecule has 1 amide bonds. The number of amides is 1. The van der Waals surface area contributed by atoms with Crippen molar-refractivity contribution in [1.82, 2.24) is 0 Å². The molecule has 0 fully saturated rings. The Labute approximate surface area is 138 Å². The summed E-state index contributed by atoms with van der Waals surface area (Å²) in [7, 11) is 0. The molecule has 0 saturated carbocycles. The van der Waals surface area contributed by atoms with Gasteiger partial charge in [-0.05, 0) is 56.1 Å². The number of carbonyl (C=O) groups excluding carboxylic acids is 1. The summed E-state index contributed by atoms with van der Waals surface area (Å²) in [6, 6.07) is 6.90. The van der Waals surface area contributed by atoms with Crippen molar-refractivity contribution < 1.29 is 13.6 Å².